The van der Waals surface area contributed by atoms with E-state index in [0.717, 1.165) is 22.8 Å². The Kier molecular flexibility index (Phi) is 3.81. The lowest BCUT2D eigenvalue weighted by atomic mass is 9.92. The monoisotopic (exact) mass is 390 g/mol. The molecule has 2 aliphatic rings. The summed E-state index contributed by atoms with van der Waals surface area (Å²) in [4.78, 5) is 14.8. The molecule has 3 aromatic rings. The highest BCUT2D eigenvalue weighted by molar-refractivity contribution is 5.92. The fourth-order valence-electron chi connectivity index (χ4n) is 3.52. The summed E-state index contributed by atoms with van der Waals surface area (Å²) in [5, 5.41) is 7.61. The van der Waals surface area contributed by atoms with Crippen molar-refractivity contribution in [2.75, 3.05) is 4.90 Å². The lowest BCUT2D eigenvalue weighted by Gasteiger charge is -2.29. The largest absolute Gasteiger partial charge is 0.433 e. The van der Waals surface area contributed by atoms with Gasteiger partial charge in [0.25, 0.3) is 0 Å². The smallest absolute Gasteiger partial charge is 0.329 e. The number of nitrogens with zero attached hydrogens (tertiary/aromatic N) is 3. The van der Waals surface area contributed by atoms with E-state index in [0.29, 0.717) is 18.0 Å². The summed E-state index contributed by atoms with van der Waals surface area (Å²) in [5.74, 6) is 1.95. The van der Waals surface area contributed by atoms with Gasteiger partial charge in [0, 0.05) is 11.5 Å². The number of rotatable bonds is 1. The lowest BCUT2D eigenvalue weighted by Crippen LogP contribution is -2.49. The molecule has 0 radical (unpaired) electrons. The van der Waals surface area contributed by atoms with E-state index in [2.05, 4.69) is 26.1 Å². The van der Waals surface area contributed by atoms with Crippen LogP contribution >= 0.6 is 0 Å². The van der Waals surface area contributed by atoms with Crippen molar-refractivity contribution in [3.63, 3.8) is 0 Å². The summed E-state index contributed by atoms with van der Waals surface area (Å²) >= 11 is 0. The molecule has 0 spiro atoms. The fraction of sp³-hybridized carbons (Fsp3) is 0.273. The van der Waals surface area contributed by atoms with Crippen LogP contribution in [0.3, 0.4) is 0 Å². The third kappa shape index (κ3) is 2.99. The second-order valence-corrected chi connectivity index (χ2v) is 8.23. The number of fused-ring (bicyclic) bond motifs is 4. The number of nitrogens with one attached hydrogen (secondary N) is 1. The van der Waals surface area contributed by atoms with Crippen molar-refractivity contribution in [3.05, 3.63) is 65.9 Å². The number of ether oxygens (including phenoxy) is 2. The Balaban J connectivity index is 1.45. The second kappa shape index (κ2) is 6.27. The minimum Gasteiger partial charge on any atom is -0.433 e. The molecule has 5 rings (SSSR count). The van der Waals surface area contributed by atoms with E-state index in [4.69, 9.17) is 14.6 Å². The van der Waals surface area contributed by atoms with Crippen LogP contribution in [0.4, 0.5) is 10.6 Å². The van der Waals surface area contributed by atoms with Gasteiger partial charge in [-0.05, 0) is 23.8 Å². The van der Waals surface area contributed by atoms with Crippen molar-refractivity contribution >= 4 is 11.8 Å². The predicted molar refractivity (Wildman–Crippen MR) is 108 cm³/mol. The van der Waals surface area contributed by atoms with Crippen molar-refractivity contribution in [1.82, 2.24) is 15.1 Å². The van der Waals surface area contributed by atoms with Gasteiger partial charge in [-0.3, -0.25) is 10.2 Å². The van der Waals surface area contributed by atoms with E-state index < -0.39 is 6.41 Å². The van der Waals surface area contributed by atoms with E-state index in [1.807, 2.05) is 59.3 Å². The highest BCUT2D eigenvalue weighted by Gasteiger charge is 2.33. The number of aromatic nitrogens is 2. The summed E-state index contributed by atoms with van der Waals surface area (Å²) in [6, 6.07) is 17.0. The van der Waals surface area contributed by atoms with Gasteiger partial charge < -0.3 is 9.47 Å². The van der Waals surface area contributed by atoms with Crippen LogP contribution in [0.2, 0.25) is 0 Å². The van der Waals surface area contributed by atoms with Gasteiger partial charge in [-0.2, -0.15) is 5.10 Å². The number of hydrogen-bond acceptors (Lipinski definition) is 4. The summed E-state index contributed by atoms with van der Waals surface area (Å²) in [5.41, 5.74) is 2.79. The first-order chi connectivity index (χ1) is 13.9. The molecule has 0 aliphatic carbocycles. The van der Waals surface area contributed by atoms with Crippen LogP contribution in [0.25, 0.3) is 5.69 Å². The maximum absolute atomic E-state index is 13.2. The number of anilines is 1. The molecule has 2 aliphatic heterocycles. The van der Waals surface area contributed by atoms with Crippen LogP contribution in [0.15, 0.2) is 54.6 Å². The molecule has 2 amide bonds. The van der Waals surface area contributed by atoms with E-state index >= 15 is 0 Å². The second-order valence-electron chi connectivity index (χ2n) is 8.23. The first kappa shape index (κ1) is 17.6. The molecule has 1 aromatic heterocycles. The molecule has 0 atom stereocenters. The molecule has 0 saturated carbocycles. The maximum Gasteiger partial charge on any atom is 0.329 e. The molecule has 0 fully saturated rings. The van der Waals surface area contributed by atoms with Crippen LogP contribution < -0.4 is 19.7 Å². The van der Waals surface area contributed by atoms with Crippen LogP contribution in [-0.4, -0.2) is 22.2 Å². The van der Waals surface area contributed by atoms with Crippen LogP contribution in [0.1, 0.15) is 32.0 Å². The van der Waals surface area contributed by atoms with Crippen LogP contribution in [0, 0.1) is 0 Å². The molecule has 7 heteroatoms. The Morgan fingerprint density at radius 3 is 2.41 bits per heavy atom. The van der Waals surface area contributed by atoms with Crippen molar-refractivity contribution in [3.8, 4) is 17.2 Å². The lowest BCUT2D eigenvalue weighted by molar-refractivity contribution is 0.0293. The number of urea groups is 1. The van der Waals surface area contributed by atoms with Crippen LogP contribution in [-0.2, 0) is 12.0 Å². The van der Waals surface area contributed by atoms with Crippen molar-refractivity contribution in [2.45, 2.75) is 39.1 Å². The highest BCUT2D eigenvalue weighted by atomic mass is 16.7. The van der Waals surface area contributed by atoms with Gasteiger partial charge in [-0.1, -0.05) is 51.1 Å². The minimum absolute atomic E-state index is 0.138. The van der Waals surface area contributed by atoms with Gasteiger partial charge in [0.1, 0.15) is 5.82 Å². The predicted octanol–water partition coefficient (Wildman–Crippen LogP) is 3.95. The molecule has 29 heavy (non-hydrogen) atoms. The minimum atomic E-state index is -0.865. The Hall–Kier alpha value is -3.48. The van der Waals surface area contributed by atoms with Gasteiger partial charge in [-0.25, -0.2) is 9.48 Å². The average molecular weight is 390 g/mol. The number of amides is 2. The van der Waals surface area contributed by atoms with Crippen LogP contribution in [0.5, 0.6) is 11.5 Å². The quantitative estimate of drug-likeness (QED) is 0.683. The third-order valence-electron chi connectivity index (χ3n) is 5.09. The summed E-state index contributed by atoms with van der Waals surface area (Å²) in [7, 11) is 0. The summed E-state index contributed by atoms with van der Waals surface area (Å²) in [6.45, 7) is 6.76. The van der Waals surface area contributed by atoms with E-state index in [1.165, 1.54) is 0 Å². The van der Waals surface area contributed by atoms with E-state index in [-0.39, 0.29) is 11.4 Å². The first-order valence-electron chi connectivity index (χ1n) is 9.59. The molecule has 0 unspecified atom stereocenters. The molecule has 0 saturated heterocycles. The number of para-hydroxylation sites is 3. The topological polar surface area (TPSA) is 68.6 Å². The zero-order valence-corrected chi connectivity index (χ0v) is 16.5. The Bertz CT molecular complexity index is 1070. The molecule has 3 heterocycles. The number of carbonyl (C=O) groups excluding carboxylic acids is 1. The zero-order valence-electron chi connectivity index (χ0n) is 16.5. The van der Waals surface area contributed by atoms with Crippen molar-refractivity contribution < 1.29 is 14.3 Å². The molecule has 2 aromatic carbocycles. The van der Waals surface area contributed by atoms with Gasteiger partial charge in [0.05, 0.1) is 17.9 Å². The van der Waals surface area contributed by atoms with Crippen molar-refractivity contribution in [1.29, 1.82) is 0 Å². The molecule has 0 bridgehead atoms. The Labute approximate surface area is 168 Å². The summed E-state index contributed by atoms with van der Waals surface area (Å²) in [6.07, 6.45) is -0.865. The number of carbonyl (C=O) groups is 1. The van der Waals surface area contributed by atoms with E-state index in [9.17, 15) is 4.79 Å². The number of benzene rings is 2. The maximum atomic E-state index is 13.2. The fourth-order valence-corrected chi connectivity index (χ4v) is 3.52. The van der Waals surface area contributed by atoms with Gasteiger partial charge in [-0.15, -0.1) is 0 Å². The normalized spacial score (nSPS) is 15.1. The molecule has 7 nitrogen and oxygen atoms in total. The highest BCUT2D eigenvalue weighted by Crippen LogP contribution is 2.35. The molecule has 1 N–H and O–H groups in total. The standard InChI is InChI=1S/C22H22N4O3/c1-22(2,3)18-12-19-25(13-14-8-4-5-9-15(14)26(19)24-18)20(27)23-21-28-16-10-6-7-11-17(16)29-21/h4-12,21H,13H2,1-3H3,(H,23,27). The van der Waals surface area contributed by atoms with E-state index in [1.54, 1.807) is 4.90 Å². The van der Waals surface area contributed by atoms with Gasteiger partial charge >= 0.3 is 12.4 Å². The molecular weight excluding hydrogens is 368 g/mol. The molecule has 148 valence electrons. The van der Waals surface area contributed by atoms with Crippen molar-refractivity contribution in [2.24, 2.45) is 0 Å². The zero-order chi connectivity index (χ0) is 20.2. The number of hydrogen-bond donors (Lipinski definition) is 1. The third-order valence-corrected chi connectivity index (χ3v) is 5.09. The average Bonchev–Trinajstić information content (AvgIpc) is 3.31. The Morgan fingerprint density at radius 2 is 1.72 bits per heavy atom. The first-order valence-corrected chi connectivity index (χ1v) is 9.59. The summed E-state index contributed by atoms with van der Waals surface area (Å²) < 4.78 is 13.2. The van der Waals surface area contributed by atoms with Gasteiger partial charge in [0.2, 0.25) is 0 Å². The van der Waals surface area contributed by atoms with Gasteiger partial charge in [0.15, 0.2) is 11.5 Å². The molecular formula is C22H22N4O3. The SMILES string of the molecule is CC(C)(C)c1cc2n(n1)-c1ccccc1CN2C(=O)NC1Oc2ccccc2O1. The Morgan fingerprint density at radius 1 is 1.07 bits per heavy atom.